The van der Waals surface area contributed by atoms with Crippen molar-refractivity contribution in [1.29, 1.82) is 0 Å². The summed E-state index contributed by atoms with van der Waals surface area (Å²) in [6, 6.07) is 0. The van der Waals surface area contributed by atoms with E-state index in [2.05, 4.69) is 20.1 Å². The molecule has 0 radical (unpaired) electrons. The number of amides is 1. The van der Waals surface area contributed by atoms with Gasteiger partial charge in [0.1, 0.15) is 18.9 Å². The standard InChI is InChI=1S/C15H19N5O4/c1-22-10-14(21)20-6-2-3-11(8-20)23-9-13-18-15(19-24-13)12-7-16-4-5-17-12/h4-5,7,11H,2-3,6,8-10H2,1H3/t11-/m1/s1. The van der Waals surface area contributed by atoms with Crippen LogP contribution in [0.2, 0.25) is 0 Å². The zero-order valence-corrected chi connectivity index (χ0v) is 13.4. The zero-order chi connectivity index (χ0) is 16.8. The third-order valence-electron chi connectivity index (χ3n) is 3.70. The van der Waals surface area contributed by atoms with Crippen LogP contribution in [0.3, 0.4) is 0 Å². The van der Waals surface area contributed by atoms with Gasteiger partial charge in [0.25, 0.3) is 5.89 Å². The minimum absolute atomic E-state index is 0.0199. The Balaban J connectivity index is 1.52. The molecule has 9 nitrogen and oxygen atoms in total. The summed E-state index contributed by atoms with van der Waals surface area (Å²) in [6.45, 7) is 1.58. The van der Waals surface area contributed by atoms with Gasteiger partial charge in [-0.15, -0.1) is 0 Å². The number of hydrogen-bond acceptors (Lipinski definition) is 8. The van der Waals surface area contributed by atoms with Gasteiger partial charge < -0.3 is 18.9 Å². The number of ether oxygens (including phenoxy) is 2. The predicted molar refractivity (Wildman–Crippen MR) is 81.6 cm³/mol. The number of rotatable bonds is 6. The number of methoxy groups -OCH3 is 1. The molecule has 0 spiro atoms. The van der Waals surface area contributed by atoms with Crippen LogP contribution in [0.1, 0.15) is 18.7 Å². The summed E-state index contributed by atoms with van der Waals surface area (Å²) in [5.74, 6) is 0.728. The highest BCUT2D eigenvalue weighted by Crippen LogP contribution is 2.16. The van der Waals surface area contributed by atoms with Crippen molar-refractivity contribution < 1.29 is 18.8 Å². The van der Waals surface area contributed by atoms with Crippen molar-refractivity contribution in [3.63, 3.8) is 0 Å². The second-order valence-corrected chi connectivity index (χ2v) is 5.45. The first-order valence-corrected chi connectivity index (χ1v) is 7.73. The van der Waals surface area contributed by atoms with Gasteiger partial charge in [-0.25, -0.2) is 4.98 Å². The van der Waals surface area contributed by atoms with E-state index in [9.17, 15) is 4.79 Å². The van der Waals surface area contributed by atoms with Gasteiger partial charge in [0.2, 0.25) is 11.7 Å². The summed E-state index contributed by atoms with van der Waals surface area (Å²) in [5, 5.41) is 3.87. The Morgan fingerprint density at radius 2 is 2.38 bits per heavy atom. The molecule has 1 aliphatic rings. The number of carbonyl (C=O) groups is 1. The first-order valence-electron chi connectivity index (χ1n) is 7.73. The van der Waals surface area contributed by atoms with E-state index in [0.29, 0.717) is 24.0 Å². The fourth-order valence-electron chi connectivity index (χ4n) is 2.54. The molecule has 1 atom stereocenters. The van der Waals surface area contributed by atoms with E-state index in [0.717, 1.165) is 19.4 Å². The number of hydrogen-bond donors (Lipinski definition) is 0. The van der Waals surface area contributed by atoms with E-state index in [1.807, 2.05) is 0 Å². The van der Waals surface area contributed by atoms with Crippen LogP contribution in [0.4, 0.5) is 0 Å². The second kappa shape index (κ2) is 7.93. The lowest BCUT2D eigenvalue weighted by molar-refractivity contribution is -0.139. The van der Waals surface area contributed by atoms with Gasteiger partial charge >= 0.3 is 0 Å². The molecule has 3 heterocycles. The molecule has 1 aliphatic heterocycles. The van der Waals surface area contributed by atoms with Crippen LogP contribution in [0.25, 0.3) is 11.5 Å². The second-order valence-electron chi connectivity index (χ2n) is 5.45. The highest BCUT2D eigenvalue weighted by Gasteiger charge is 2.24. The largest absolute Gasteiger partial charge is 0.375 e. The van der Waals surface area contributed by atoms with Gasteiger partial charge in [0, 0.05) is 32.6 Å². The number of nitrogens with zero attached hydrogens (tertiary/aromatic N) is 5. The van der Waals surface area contributed by atoms with E-state index in [4.69, 9.17) is 14.0 Å². The zero-order valence-electron chi connectivity index (χ0n) is 13.4. The molecule has 3 rings (SSSR count). The Morgan fingerprint density at radius 1 is 1.46 bits per heavy atom. The first kappa shape index (κ1) is 16.5. The van der Waals surface area contributed by atoms with Crippen LogP contribution in [0, 0.1) is 0 Å². The normalized spacial score (nSPS) is 17.9. The average molecular weight is 333 g/mol. The summed E-state index contributed by atoms with van der Waals surface area (Å²) in [6.07, 6.45) is 6.45. The molecule has 2 aromatic rings. The van der Waals surface area contributed by atoms with Crippen LogP contribution >= 0.6 is 0 Å². The number of carbonyl (C=O) groups excluding carboxylic acids is 1. The van der Waals surface area contributed by atoms with Gasteiger partial charge in [0.05, 0.1) is 12.3 Å². The van der Waals surface area contributed by atoms with Crippen LogP contribution < -0.4 is 0 Å². The Bertz CT molecular complexity index is 663. The van der Waals surface area contributed by atoms with E-state index in [-0.39, 0.29) is 25.2 Å². The van der Waals surface area contributed by atoms with Crippen molar-refractivity contribution in [2.75, 3.05) is 26.8 Å². The van der Waals surface area contributed by atoms with Gasteiger partial charge in [-0.05, 0) is 12.8 Å². The molecule has 0 saturated carbocycles. The molecule has 0 unspecified atom stereocenters. The summed E-state index contributed by atoms with van der Waals surface area (Å²) >= 11 is 0. The van der Waals surface area contributed by atoms with E-state index >= 15 is 0 Å². The lowest BCUT2D eigenvalue weighted by Gasteiger charge is -2.32. The van der Waals surface area contributed by atoms with Crippen molar-refractivity contribution in [3.05, 3.63) is 24.5 Å². The van der Waals surface area contributed by atoms with Crippen molar-refractivity contribution in [3.8, 4) is 11.5 Å². The molecule has 0 bridgehead atoms. The lowest BCUT2D eigenvalue weighted by Crippen LogP contribution is -2.44. The Morgan fingerprint density at radius 3 is 3.17 bits per heavy atom. The molecule has 24 heavy (non-hydrogen) atoms. The molecular formula is C15H19N5O4. The van der Waals surface area contributed by atoms with Gasteiger partial charge in [-0.1, -0.05) is 5.16 Å². The summed E-state index contributed by atoms with van der Waals surface area (Å²) < 4.78 is 15.9. The highest BCUT2D eigenvalue weighted by molar-refractivity contribution is 5.77. The Kier molecular flexibility index (Phi) is 5.44. The van der Waals surface area contributed by atoms with E-state index in [1.54, 1.807) is 23.5 Å². The van der Waals surface area contributed by atoms with E-state index in [1.165, 1.54) is 7.11 Å². The maximum atomic E-state index is 11.9. The maximum absolute atomic E-state index is 11.9. The Hall–Kier alpha value is -2.39. The minimum Gasteiger partial charge on any atom is -0.375 e. The predicted octanol–water partition coefficient (Wildman–Crippen LogP) is 0.681. The molecule has 1 saturated heterocycles. The quantitative estimate of drug-likeness (QED) is 0.760. The van der Waals surface area contributed by atoms with Crippen molar-refractivity contribution >= 4 is 5.91 Å². The fourth-order valence-corrected chi connectivity index (χ4v) is 2.54. The summed E-state index contributed by atoms with van der Waals surface area (Å²) in [5.41, 5.74) is 0.543. The van der Waals surface area contributed by atoms with Crippen LogP contribution in [0.5, 0.6) is 0 Å². The van der Waals surface area contributed by atoms with Crippen molar-refractivity contribution in [1.82, 2.24) is 25.0 Å². The smallest absolute Gasteiger partial charge is 0.253 e. The summed E-state index contributed by atoms with van der Waals surface area (Å²) in [4.78, 5) is 26.0. The molecule has 1 amide bonds. The highest BCUT2D eigenvalue weighted by atomic mass is 16.5. The molecule has 128 valence electrons. The molecule has 0 N–H and O–H groups in total. The number of piperidine rings is 1. The first-order chi connectivity index (χ1) is 11.8. The van der Waals surface area contributed by atoms with Crippen molar-refractivity contribution in [2.45, 2.75) is 25.6 Å². The van der Waals surface area contributed by atoms with Gasteiger partial charge in [-0.2, -0.15) is 4.98 Å². The molecule has 9 heteroatoms. The SMILES string of the molecule is COCC(=O)N1CCC[C@@H](OCc2nc(-c3cnccn3)no2)C1. The van der Waals surface area contributed by atoms with Crippen LogP contribution in [-0.4, -0.2) is 63.8 Å². The third kappa shape index (κ3) is 4.12. The topological polar surface area (TPSA) is 103 Å². The van der Waals surface area contributed by atoms with Gasteiger partial charge in [-0.3, -0.25) is 9.78 Å². The van der Waals surface area contributed by atoms with Crippen LogP contribution in [-0.2, 0) is 20.9 Å². The van der Waals surface area contributed by atoms with E-state index < -0.39 is 0 Å². The maximum Gasteiger partial charge on any atom is 0.253 e. The minimum atomic E-state index is -0.0496. The number of aromatic nitrogens is 4. The molecule has 2 aromatic heterocycles. The molecule has 0 aromatic carbocycles. The average Bonchev–Trinajstić information content (AvgIpc) is 3.10. The molecule has 1 fully saturated rings. The fraction of sp³-hybridized carbons (Fsp3) is 0.533. The van der Waals surface area contributed by atoms with Crippen LogP contribution in [0.15, 0.2) is 23.1 Å². The summed E-state index contributed by atoms with van der Waals surface area (Å²) in [7, 11) is 1.51. The molecule has 0 aliphatic carbocycles. The third-order valence-corrected chi connectivity index (χ3v) is 3.70. The Labute approximate surface area is 139 Å². The van der Waals surface area contributed by atoms with Crippen molar-refractivity contribution in [2.24, 2.45) is 0 Å². The monoisotopic (exact) mass is 333 g/mol. The number of likely N-dealkylation sites (tertiary alicyclic amines) is 1. The lowest BCUT2D eigenvalue weighted by atomic mass is 10.1. The van der Waals surface area contributed by atoms with Gasteiger partial charge in [0.15, 0.2) is 0 Å². The molecular weight excluding hydrogens is 314 g/mol.